The van der Waals surface area contributed by atoms with Crippen molar-refractivity contribution in [3.8, 4) is 0 Å². The molecule has 17 heavy (non-hydrogen) atoms. The summed E-state index contributed by atoms with van der Waals surface area (Å²) in [5.74, 6) is -2.47. The van der Waals surface area contributed by atoms with E-state index in [1.807, 2.05) is 0 Å². The molecule has 96 valence electrons. The standard InChI is InChI=1S/C10H13F2NO3S/c11-7-1-2-10(9(12)5-7)17(15,16)6-8(13)3-4-14/h1-2,5,8,14H,3-4,6,13H2. The molecule has 1 aromatic carbocycles. The highest BCUT2D eigenvalue weighted by atomic mass is 32.2. The number of sulfone groups is 1. The van der Waals surface area contributed by atoms with Gasteiger partial charge in [-0.25, -0.2) is 17.2 Å². The molecule has 0 aromatic heterocycles. The van der Waals surface area contributed by atoms with Gasteiger partial charge in [0.25, 0.3) is 0 Å². The topological polar surface area (TPSA) is 80.4 Å². The van der Waals surface area contributed by atoms with Crippen molar-refractivity contribution in [3.05, 3.63) is 29.8 Å². The predicted molar refractivity (Wildman–Crippen MR) is 58.1 cm³/mol. The Balaban J connectivity index is 2.97. The van der Waals surface area contributed by atoms with E-state index >= 15 is 0 Å². The molecule has 1 atom stereocenters. The molecule has 0 amide bonds. The zero-order chi connectivity index (χ0) is 13.1. The van der Waals surface area contributed by atoms with Crippen LogP contribution >= 0.6 is 0 Å². The van der Waals surface area contributed by atoms with Crippen molar-refractivity contribution in [1.82, 2.24) is 0 Å². The van der Waals surface area contributed by atoms with Crippen molar-refractivity contribution in [1.29, 1.82) is 0 Å². The molecule has 0 heterocycles. The van der Waals surface area contributed by atoms with E-state index in [0.717, 1.165) is 12.1 Å². The van der Waals surface area contributed by atoms with Gasteiger partial charge in [0.15, 0.2) is 9.84 Å². The average molecular weight is 265 g/mol. The van der Waals surface area contributed by atoms with Gasteiger partial charge in [-0.3, -0.25) is 0 Å². The fourth-order valence-electron chi connectivity index (χ4n) is 1.35. The fraction of sp³-hybridized carbons (Fsp3) is 0.400. The average Bonchev–Trinajstić information content (AvgIpc) is 2.15. The van der Waals surface area contributed by atoms with Crippen molar-refractivity contribution in [2.75, 3.05) is 12.4 Å². The molecule has 1 aromatic rings. The summed E-state index contributed by atoms with van der Waals surface area (Å²) in [5, 5.41) is 8.60. The van der Waals surface area contributed by atoms with Crippen LogP contribution in [0, 0.1) is 11.6 Å². The highest BCUT2D eigenvalue weighted by molar-refractivity contribution is 7.91. The van der Waals surface area contributed by atoms with Gasteiger partial charge in [0.2, 0.25) is 0 Å². The first kappa shape index (κ1) is 14.0. The zero-order valence-corrected chi connectivity index (χ0v) is 9.75. The lowest BCUT2D eigenvalue weighted by molar-refractivity contribution is 0.279. The van der Waals surface area contributed by atoms with Crippen molar-refractivity contribution in [2.45, 2.75) is 17.4 Å². The highest BCUT2D eigenvalue weighted by Crippen LogP contribution is 2.17. The van der Waals surface area contributed by atoms with Gasteiger partial charge in [-0.15, -0.1) is 0 Å². The van der Waals surface area contributed by atoms with Gasteiger partial charge < -0.3 is 10.8 Å². The van der Waals surface area contributed by atoms with E-state index < -0.39 is 38.2 Å². The van der Waals surface area contributed by atoms with Crippen molar-refractivity contribution in [3.63, 3.8) is 0 Å². The Morgan fingerprint density at radius 3 is 2.53 bits per heavy atom. The normalized spacial score (nSPS) is 13.6. The van der Waals surface area contributed by atoms with Crippen molar-refractivity contribution in [2.24, 2.45) is 5.73 Å². The third kappa shape index (κ3) is 3.72. The van der Waals surface area contributed by atoms with E-state index in [-0.39, 0.29) is 13.0 Å². The van der Waals surface area contributed by atoms with Crippen LogP contribution in [0.2, 0.25) is 0 Å². The van der Waals surface area contributed by atoms with Crippen LogP contribution in [0.3, 0.4) is 0 Å². The van der Waals surface area contributed by atoms with Crippen LogP contribution in [-0.2, 0) is 9.84 Å². The van der Waals surface area contributed by atoms with Gasteiger partial charge >= 0.3 is 0 Å². The molecule has 1 unspecified atom stereocenters. The summed E-state index contributed by atoms with van der Waals surface area (Å²) >= 11 is 0. The van der Waals surface area contributed by atoms with Crippen LogP contribution in [0.5, 0.6) is 0 Å². The Kier molecular flexibility index (Phi) is 4.55. The lowest BCUT2D eigenvalue weighted by Crippen LogP contribution is -2.30. The molecule has 7 heteroatoms. The van der Waals surface area contributed by atoms with Crippen LogP contribution in [0.15, 0.2) is 23.1 Å². The molecule has 0 aliphatic rings. The fourth-order valence-corrected chi connectivity index (χ4v) is 2.89. The molecule has 0 aliphatic heterocycles. The Labute approximate surface area is 98.0 Å². The minimum Gasteiger partial charge on any atom is -0.396 e. The third-order valence-corrected chi connectivity index (χ3v) is 4.03. The smallest absolute Gasteiger partial charge is 0.182 e. The van der Waals surface area contributed by atoms with E-state index in [0.29, 0.717) is 6.07 Å². The third-order valence-electron chi connectivity index (χ3n) is 2.16. The molecule has 0 saturated carbocycles. The quantitative estimate of drug-likeness (QED) is 0.757. The summed E-state index contributed by atoms with van der Waals surface area (Å²) in [7, 11) is -3.91. The number of rotatable bonds is 5. The number of aliphatic hydroxyl groups is 1. The van der Waals surface area contributed by atoms with Crippen LogP contribution in [0.25, 0.3) is 0 Å². The molecule has 0 spiro atoms. The first-order valence-electron chi connectivity index (χ1n) is 4.91. The Morgan fingerprint density at radius 1 is 1.35 bits per heavy atom. The molecule has 1 rings (SSSR count). The van der Waals surface area contributed by atoms with Gasteiger partial charge in [-0.2, -0.15) is 0 Å². The summed E-state index contributed by atoms with van der Waals surface area (Å²) < 4.78 is 49.4. The maximum Gasteiger partial charge on any atom is 0.182 e. The number of halogens is 2. The number of aliphatic hydroxyl groups excluding tert-OH is 1. The van der Waals surface area contributed by atoms with Gasteiger partial charge in [0, 0.05) is 18.7 Å². The molecule has 0 radical (unpaired) electrons. The summed E-state index contributed by atoms with van der Waals surface area (Å²) in [6, 6.07) is 1.46. The van der Waals surface area contributed by atoms with E-state index in [1.54, 1.807) is 0 Å². The minimum atomic E-state index is -3.91. The number of hydrogen-bond acceptors (Lipinski definition) is 4. The lowest BCUT2D eigenvalue weighted by Gasteiger charge is -2.11. The molecular formula is C10H13F2NO3S. The first-order chi connectivity index (χ1) is 7.86. The van der Waals surface area contributed by atoms with Gasteiger partial charge in [0.1, 0.15) is 16.5 Å². The summed E-state index contributed by atoms with van der Waals surface area (Å²) in [5.41, 5.74) is 5.45. The highest BCUT2D eigenvalue weighted by Gasteiger charge is 2.22. The number of nitrogens with two attached hydrogens (primary N) is 1. The van der Waals surface area contributed by atoms with Crippen LogP contribution in [-0.4, -0.2) is 31.9 Å². The summed E-state index contributed by atoms with van der Waals surface area (Å²) in [4.78, 5) is -0.577. The van der Waals surface area contributed by atoms with Gasteiger partial charge in [0.05, 0.1) is 5.75 Å². The monoisotopic (exact) mass is 265 g/mol. The van der Waals surface area contributed by atoms with Crippen LogP contribution in [0.4, 0.5) is 8.78 Å². The molecule has 4 nitrogen and oxygen atoms in total. The van der Waals surface area contributed by atoms with Crippen LogP contribution in [0.1, 0.15) is 6.42 Å². The minimum absolute atomic E-state index is 0.0992. The van der Waals surface area contributed by atoms with Gasteiger partial charge in [-0.1, -0.05) is 0 Å². The van der Waals surface area contributed by atoms with Crippen molar-refractivity contribution >= 4 is 9.84 Å². The molecular weight excluding hydrogens is 252 g/mol. The second kappa shape index (κ2) is 5.52. The second-order valence-electron chi connectivity index (χ2n) is 3.63. The first-order valence-corrected chi connectivity index (χ1v) is 6.56. The number of hydrogen-bond donors (Lipinski definition) is 2. The van der Waals surface area contributed by atoms with E-state index in [1.165, 1.54) is 0 Å². The van der Waals surface area contributed by atoms with Gasteiger partial charge in [-0.05, 0) is 18.6 Å². The Morgan fingerprint density at radius 2 is 2.00 bits per heavy atom. The maximum absolute atomic E-state index is 13.3. The van der Waals surface area contributed by atoms with E-state index in [4.69, 9.17) is 10.8 Å². The molecule has 0 fully saturated rings. The molecule has 3 N–H and O–H groups in total. The van der Waals surface area contributed by atoms with Crippen LogP contribution < -0.4 is 5.73 Å². The second-order valence-corrected chi connectivity index (χ2v) is 5.63. The predicted octanol–water partition coefficient (Wildman–Crippen LogP) is 0.448. The Bertz CT molecular complexity index is 490. The van der Waals surface area contributed by atoms with E-state index in [2.05, 4.69) is 0 Å². The maximum atomic E-state index is 13.3. The lowest BCUT2D eigenvalue weighted by atomic mass is 10.3. The largest absolute Gasteiger partial charge is 0.396 e. The Hall–Kier alpha value is -1.05. The summed E-state index contributed by atoms with van der Waals surface area (Å²) in [6.45, 7) is -0.247. The summed E-state index contributed by atoms with van der Waals surface area (Å²) in [6.07, 6.45) is 0.0992. The number of benzene rings is 1. The molecule has 0 saturated heterocycles. The van der Waals surface area contributed by atoms with E-state index in [9.17, 15) is 17.2 Å². The van der Waals surface area contributed by atoms with Crippen molar-refractivity contribution < 1.29 is 22.3 Å². The SMILES string of the molecule is NC(CCO)CS(=O)(=O)c1ccc(F)cc1F. The molecule has 0 bridgehead atoms. The molecule has 0 aliphatic carbocycles. The zero-order valence-electron chi connectivity index (χ0n) is 8.94.